The highest BCUT2D eigenvalue weighted by Gasteiger charge is 2.25. The summed E-state index contributed by atoms with van der Waals surface area (Å²) in [5, 5.41) is 14.3. The Labute approximate surface area is 143 Å². The molecule has 0 unspecified atom stereocenters. The molecule has 1 aliphatic rings. The zero-order valence-corrected chi connectivity index (χ0v) is 14.6. The minimum Gasteiger partial charge on any atom is -0.366 e. The van der Waals surface area contributed by atoms with Crippen LogP contribution in [-0.2, 0) is 0 Å². The number of nitrogens with zero attached hydrogens (tertiary/aromatic N) is 2. The molecular weight excluding hydrogens is 306 g/mol. The van der Waals surface area contributed by atoms with E-state index in [9.17, 15) is 14.9 Å². The van der Waals surface area contributed by atoms with Crippen molar-refractivity contribution in [2.75, 3.05) is 24.5 Å². The van der Waals surface area contributed by atoms with Crippen molar-refractivity contribution in [3.8, 4) is 0 Å². The van der Waals surface area contributed by atoms with Gasteiger partial charge in [-0.1, -0.05) is 26.7 Å². The van der Waals surface area contributed by atoms with E-state index in [1.54, 1.807) is 12.1 Å². The van der Waals surface area contributed by atoms with Gasteiger partial charge in [0.25, 0.3) is 11.6 Å². The van der Waals surface area contributed by atoms with Crippen molar-refractivity contribution in [1.82, 2.24) is 5.32 Å². The normalized spacial score (nSPS) is 17.6. The second-order valence-corrected chi connectivity index (χ2v) is 6.62. The molecule has 0 spiro atoms. The fourth-order valence-electron chi connectivity index (χ4n) is 3.17. The third-order valence-electron chi connectivity index (χ3n) is 4.50. The van der Waals surface area contributed by atoms with Crippen molar-refractivity contribution in [2.24, 2.45) is 5.92 Å². The number of rotatable bonds is 7. The average Bonchev–Trinajstić information content (AvgIpc) is 2.58. The lowest BCUT2D eigenvalue weighted by Crippen LogP contribution is -2.34. The van der Waals surface area contributed by atoms with Crippen LogP contribution in [0.4, 0.5) is 11.4 Å². The summed E-state index contributed by atoms with van der Waals surface area (Å²) in [5.41, 5.74) is 0.992. The molecule has 0 aliphatic carbocycles. The van der Waals surface area contributed by atoms with E-state index in [4.69, 9.17) is 0 Å². The van der Waals surface area contributed by atoms with Crippen LogP contribution >= 0.6 is 0 Å². The molecular formula is C18H27N3O3. The molecule has 6 heteroatoms. The zero-order valence-electron chi connectivity index (χ0n) is 14.6. The van der Waals surface area contributed by atoms with Gasteiger partial charge in [0.1, 0.15) is 5.69 Å². The van der Waals surface area contributed by atoms with Gasteiger partial charge in [0.15, 0.2) is 0 Å². The Morgan fingerprint density at radius 3 is 2.88 bits per heavy atom. The molecule has 0 radical (unpaired) electrons. The van der Waals surface area contributed by atoms with E-state index in [1.807, 2.05) is 0 Å². The topological polar surface area (TPSA) is 75.5 Å². The van der Waals surface area contributed by atoms with Crippen molar-refractivity contribution in [2.45, 2.75) is 46.0 Å². The number of amides is 1. The van der Waals surface area contributed by atoms with Gasteiger partial charge < -0.3 is 10.2 Å². The highest BCUT2D eigenvalue weighted by molar-refractivity contribution is 5.95. The van der Waals surface area contributed by atoms with Gasteiger partial charge in [-0.15, -0.1) is 0 Å². The van der Waals surface area contributed by atoms with Crippen LogP contribution in [-0.4, -0.2) is 30.5 Å². The number of unbranched alkanes of at least 4 members (excludes halogenated alkanes) is 2. The lowest BCUT2D eigenvalue weighted by Gasteiger charge is -2.32. The summed E-state index contributed by atoms with van der Waals surface area (Å²) in [4.78, 5) is 25.3. The number of piperidine rings is 1. The summed E-state index contributed by atoms with van der Waals surface area (Å²) in [6.45, 7) is 6.52. The van der Waals surface area contributed by atoms with Gasteiger partial charge in [-0.25, -0.2) is 0 Å². The molecule has 132 valence electrons. The summed E-state index contributed by atoms with van der Waals surface area (Å²) in [6, 6.07) is 4.82. The molecule has 6 nitrogen and oxygen atoms in total. The van der Waals surface area contributed by atoms with E-state index < -0.39 is 0 Å². The van der Waals surface area contributed by atoms with Gasteiger partial charge in [0.05, 0.1) is 4.92 Å². The molecule has 0 bridgehead atoms. The second-order valence-electron chi connectivity index (χ2n) is 6.62. The monoisotopic (exact) mass is 333 g/mol. The molecule has 24 heavy (non-hydrogen) atoms. The average molecular weight is 333 g/mol. The van der Waals surface area contributed by atoms with Crippen LogP contribution in [0.5, 0.6) is 0 Å². The standard InChI is InChI=1S/C18H27N3O3/c1-3-4-5-10-19-18(22)15-8-9-16(17(12-15)21(23)24)20-11-6-7-14(2)13-20/h8-9,12,14H,3-7,10-11,13H2,1-2H3,(H,19,22)/t14-/m0/s1. The Morgan fingerprint density at radius 2 is 2.21 bits per heavy atom. The van der Waals surface area contributed by atoms with E-state index in [2.05, 4.69) is 24.1 Å². The maximum Gasteiger partial charge on any atom is 0.293 e. The van der Waals surface area contributed by atoms with E-state index in [-0.39, 0.29) is 16.5 Å². The first-order valence-corrected chi connectivity index (χ1v) is 8.84. The predicted octanol–water partition coefficient (Wildman–Crippen LogP) is 3.75. The first-order chi connectivity index (χ1) is 11.5. The highest BCUT2D eigenvalue weighted by Crippen LogP contribution is 2.32. The predicted molar refractivity (Wildman–Crippen MR) is 95.6 cm³/mol. The Bertz CT molecular complexity index is 589. The van der Waals surface area contributed by atoms with Crippen LogP contribution in [0.2, 0.25) is 0 Å². The van der Waals surface area contributed by atoms with Crippen LogP contribution < -0.4 is 10.2 Å². The summed E-state index contributed by atoms with van der Waals surface area (Å²) in [5.74, 6) is 0.285. The van der Waals surface area contributed by atoms with Crippen LogP contribution in [0.3, 0.4) is 0 Å². The minimum atomic E-state index is -0.386. The van der Waals surface area contributed by atoms with Crippen molar-refractivity contribution in [1.29, 1.82) is 0 Å². The number of carbonyl (C=O) groups excluding carboxylic acids is 1. The number of nitrogens with one attached hydrogen (secondary N) is 1. The van der Waals surface area contributed by atoms with Gasteiger partial charge in [-0.05, 0) is 37.3 Å². The van der Waals surface area contributed by atoms with Crippen molar-refractivity contribution in [3.63, 3.8) is 0 Å². The Kier molecular flexibility index (Phi) is 6.58. The Hall–Kier alpha value is -2.11. The summed E-state index contributed by atoms with van der Waals surface area (Å²) < 4.78 is 0. The van der Waals surface area contributed by atoms with Crippen molar-refractivity contribution in [3.05, 3.63) is 33.9 Å². The maximum atomic E-state index is 12.2. The summed E-state index contributed by atoms with van der Waals surface area (Å²) >= 11 is 0. The molecule has 1 aromatic rings. The van der Waals surface area contributed by atoms with Gasteiger partial charge in [0.2, 0.25) is 0 Å². The third kappa shape index (κ3) is 4.69. The van der Waals surface area contributed by atoms with E-state index in [0.29, 0.717) is 23.7 Å². The summed E-state index contributed by atoms with van der Waals surface area (Å²) in [7, 11) is 0. The van der Waals surface area contributed by atoms with Crippen molar-refractivity contribution >= 4 is 17.3 Å². The van der Waals surface area contributed by atoms with Crippen molar-refractivity contribution < 1.29 is 9.72 Å². The Balaban J connectivity index is 2.14. The molecule has 2 rings (SSSR count). The van der Waals surface area contributed by atoms with Gasteiger partial charge in [-0.3, -0.25) is 14.9 Å². The smallest absolute Gasteiger partial charge is 0.293 e. The number of carbonyl (C=O) groups is 1. The van der Waals surface area contributed by atoms with E-state index in [1.165, 1.54) is 6.07 Å². The number of hydrogen-bond acceptors (Lipinski definition) is 4. The molecule has 1 aromatic carbocycles. The zero-order chi connectivity index (χ0) is 17.5. The summed E-state index contributed by atoms with van der Waals surface area (Å²) in [6.07, 6.45) is 5.27. The minimum absolute atomic E-state index is 0.0188. The molecule has 1 fully saturated rings. The molecule has 1 heterocycles. The maximum absolute atomic E-state index is 12.2. The number of benzene rings is 1. The highest BCUT2D eigenvalue weighted by atomic mass is 16.6. The number of anilines is 1. The second kappa shape index (κ2) is 8.66. The largest absolute Gasteiger partial charge is 0.366 e. The SMILES string of the molecule is CCCCCNC(=O)c1ccc(N2CCC[C@H](C)C2)c([N+](=O)[O-])c1. The number of nitro benzene ring substituents is 1. The first-order valence-electron chi connectivity index (χ1n) is 8.84. The van der Waals surface area contributed by atoms with E-state index >= 15 is 0 Å². The third-order valence-corrected chi connectivity index (χ3v) is 4.50. The fourth-order valence-corrected chi connectivity index (χ4v) is 3.17. The molecule has 0 saturated carbocycles. The van der Waals surface area contributed by atoms with E-state index in [0.717, 1.165) is 45.2 Å². The quantitative estimate of drug-likeness (QED) is 0.468. The number of hydrogen-bond donors (Lipinski definition) is 1. The Morgan fingerprint density at radius 1 is 1.42 bits per heavy atom. The number of nitro groups is 1. The van der Waals surface area contributed by atoms with Crippen LogP contribution in [0.1, 0.15) is 56.3 Å². The van der Waals surface area contributed by atoms with Gasteiger partial charge in [-0.2, -0.15) is 0 Å². The fraction of sp³-hybridized carbons (Fsp3) is 0.611. The van der Waals surface area contributed by atoms with Crippen LogP contribution in [0.15, 0.2) is 18.2 Å². The molecule has 0 aromatic heterocycles. The molecule has 1 atom stereocenters. The first kappa shape index (κ1) is 18.2. The van der Waals surface area contributed by atoms with Gasteiger partial charge in [0, 0.05) is 31.3 Å². The van der Waals surface area contributed by atoms with Gasteiger partial charge >= 0.3 is 0 Å². The van der Waals surface area contributed by atoms with Crippen LogP contribution in [0.25, 0.3) is 0 Å². The van der Waals surface area contributed by atoms with Crippen LogP contribution in [0, 0.1) is 16.0 Å². The lowest BCUT2D eigenvalue weighted by atomic mass is 9.99. The molecule has 1 amide bonds. The lowest BCUT2D eigenvalue weighted by molar-refractivity contribution is -0.384. The molecule has 1 saturated heterocycles. The molecule has 1 N–H and O–H groups in total. The molecule has 1 aliphatic heterocycles.